The molecule has 1 heterocycles. The predicted octanol–water partition coefficient (Wildman–Crippen LogP) is 3.86. The molecular formula is C18H10N3O3S-. The SMILES string of the molecule is N#CC(=Cc1ccc([O-])c([N+](=O)[O-])c1)c1nc(-c2ccccc2)cs1. The molecule has 0 N–H and O–H groups in total. The van der Waals surface area contributed by atoms with Gasteiger partial charge in [-0.3, -0.25) is 10.1 Å². The second-order valence-corrected chi connectivity index (χ2v) is 5.92. The molecule has 0 atom stereocenters. The van der Waals surface area contributed by atoms with Crippen molar-refractivity contribution in [3.8, 4) is 23.1 Å². The fraction of sp³-hybridized carbons (Fsp3) is 0. The van der Waals surface area contributed by atoms with Crippen LogP contribution in [-0.4, -0.2) is 9.91 Å². The lowest BCUT2D eigenvalue weighted by Crippen LogP contribution is -1.97. The summed E-state index contributed by atoms with van der Waals surface area (Å²) in [6.45, 7) is 0. The molecule has 0 unspecified atom stereocenters. The molecule has 0 aliphatic carbocycles. The molecule has 0 aliphatic rings. The van der Waals surface area contributed by atoms with E-state index in [1.54, 1.807) is 0 Å². The number of benzene rings is 2. The first kappa shape index (κ1) is 16.4. The van der Waals surface area contributed by atoms with Crippen molar-refractivity contribution in [2.75, 3.05) is 0 Å². The molecule has 0 amide bonds. The minimum atomic E-state index is -0.734. The summed E-state index contributed by atoms with van der Waals surface area (Å²) < 4.78 is 0. The van der Waals surface area contributed by atoms with Crippen molar-refractivity contribution in [3.05, 3.63) is 74.6 Å². The molecule has 6 nitrogen and oxygen atoms in total. The Morgan fingerprint density at radius 3 is 2.68 bits per heavy atom. The molecule has 0 spiro atoms. The molecule has 0 saturated carbocycles. The van der Waals surface area contributed by atoms with Gasteiger partial charge in [0.05, 0.1) is 16.2 Å². The van der Waals surface area contributed by atoms with Crippen LogP contribution >= 0.6 is 11.3 Å². The highest BCUT2D eigenvalue weighted by molar-refractivity contribution is 7.11. The van der Waals surface area contributed by atoms with Gasteiger partial charge in [0.1, 0.15) is 11.1 Å². The van der Waals surface area contributed by atoms with Crippen molar-refractivity contribution in [2.45, 2.75) is 0 Å². The van der Waals surface area contributed by atoms with E-state index in [1.165, 1.54) is 23.5 Å². The summed E-state index contributed by atoms with van der Waals surface area (Å²) in [6, 6.07) is 15.3. The number of thiazole rings is 1. The number of hydrogen-bond donors (Lipinski definition) is 0. The highest BCUT2D eigenvalue weighted by Crippen LogP contribution is 2.29. The average molecular weight is 348 g/mol. The third-order valence-electron chi connectivity index (χ3n) is 3.42. The molecule has 0 radical (unpaired) electrons. The van der Waals surface area contributed by atoms with Gasteiger partial charge in [0.25, 0.3) is 5.69 Å². The number of nitro benzene ring substituents is 1. The summed E-state index contributed by atoms with van der Waals surface area (Å²) >= 11 is 1.31. The highest BCUT2D eigenvalue weighted by Gasteiger charge is 2.11. The Kier molecular flexibility index (Phi) is 4.55. The lowest BCUT2D eigenvalue weighted by atomic mass is 10.1. The Labute approximate surface area is 147 Å². The number of nitriles is 1. The standard InChI is InChI=1S/C18H11N3O3S/c19-10-14(8-12-6-7-17(22)16(9-12)21(23)24)18-20-15(11-25-18)13-4-2-1-3-5-13/h1-9,11,22H/p-1. The van der Waals surface area contributed by atoms with Crippen molar-refractivity contribution in [1.29, 1.82) is 5.26 Å². The Morgan fingerprint density at radius 1 is 1.24 bits per heavy atom. The van der Waals surface area contributed by atoms with Crippen LogP contribution in [0.1, 0.15) is 10.6 Å². The molecule has 122 valence electrons. The quantitative estimate of drug-likeness (QED) is 0.405. The first-order valence-electron chi connectivity index (χ1n) is 7.17. The van der Waals surface area contributed by atoms with Crippen LogP contribution < -0.4 is 5.11 Å². The van der Waals surface area contributed by atoms with Gasteiger partial charge in [0, 0.05) is 17.0 Å². The zero-order valence-corrected chi connectivity index (χ0v) is 13.6. The molecule has 0 saturated heterocycles. The van der Waals surface area contributed by atoms with Gasteiger partial charge in [-0.15, -0.1) is 11.3 Å². The van der Waals surface area contributed by atoms with Crippen LogP contribution in [0.15, 0.2) is 53.9 Å². The molecule has 0 bridgehead atoms. The fourth-order valence-corrected chi connectivity index (χ4v) is 3.01. The predicted molar refractivity (Wildman–Crippen MR) is 93.6 cm³/mol. The first-order chi connectivity index (χ1) is 12.1. The van der Waals surface area contributed by atoms with Crippen molar-refractivity contribution in [1.82, 2.24) is 4.98 Å². The Morgan fingerprint density at radius 2 is 2.00 bits per heavy atom. The van der Waals surface area contributed by atoms with Crippen molar-refractivity contribution >= 4 is 28.7 Å². The number of aromatic nitrogens is 1. The van der Waals surface area contributed by atoms with Gasteiger partial charge < -0.3 is 5.11 Å². The summed E-state index contributed by atoms with van der Waals surface area (Å²) in [5, 5.41) is 34.1. The van der Waals surface area contributed by atoms with Crippen LogP contribution in [0.5, 0.6) is 5.75 Å². The summed E-state index contributed by atoms with van der Waals surface area (Å²) in [4.78, 5) is 14.6. The monoisotopic (exact) mass is 348 g/mol. The highest BCUT2D eigenvalue weighted by atomic mass is 32.1. The van der Waals surface area contributed by atoms with Crippen LogP contribution in [0.3, 0.4) is 0 Å². The summed E-state index contributed by atoms with van der Waals surface area (Å²) in [7, 11) is 0. The second-order valence-electron chi connectivity index (χ2n) is 5.06. The van der Waals surface area contributed by atoms with E-state index >= 15 is 0 Å². The van der Waals surface area contributed by atoms with Gasteiger partial charge in [-0.25, -0.2) is 4.98 Å². The van der Waals surface area contributed by atoms with E-state index in [-0.39, 0.29) is 5.57 Å². The minimum Gasteiger partial charge on any atom is -0.868 e. The third-order valence-corrected chi connectivity index (χ3v) is 4.29. The van der Waals surface area contributed by atoms with Gasteiger partial charge in [0.2, 0.25) is 0 Å². The molecule has 1 aromatic heterocycles. The molecule has 7 heteroatoms. The van der Waals surface area contributed by atoms with Gasteiger partial charge >= 0.3 is 0 Å². The third kappa shape index (κ3) is 3.54. The van der Waals surface area contributed by atoms with E-state index in [0.717, 1.165) is 23.4 Å². The number of nitrogens with zero attached hydrogens (tertiary/aromatic N) is 3. The van der Waals surface area contributed by atoms with E-state index in [0.29, 0.717) is 10.6 Å². The van der Waals surface area contributed by atoms with E-state index in [1.807, 2.05) is 35.7 Å². The van der Waals surface area contributed by atoms with Gasteiger partial charge in [-0.2, -0.15) is 5.26 Å². The number of nitro groups is 1. The van der Waals surface area contributed by atoms with Crippen LogP contribution in [0.2, 0.25) is 0 Å². The maximum absolute atomic E-state index is 11.5. The normalized spacial score (nSPS) is 11.1. The fourth-order valence-electron chi connectivity index (χ4n) is 2.21. The largest absolute Gasteiger partial charge is 0.868 e. The molecular weight excluding hydrogens is 338 g/mol. The van der Waals surface area contributed by atoms with Crippen LogP contribution in [0, 0.1) is 21.4 Å². The van der Waals surface area contributed by atoms with Gasteiger partial charge in [0.15, 0.2) is 0 Å². The Bertz CT molecular complexity index is 1000. The van der Waals surface area contributed by atoms with E-state index in [2.05, 4.69) is 11.1 Å². The van der Waals surface area contributed by atoms with Crippen LogP contribution in [-0.2, 0) is 0 Å². The second kappa shape index (κ2) is 6.95. The van der Waals surface area contributed by atoms with E-state index in [4.69, 9.17) is 0 Å². The molecule has 0 fully saturated rings. The number of hydrogen-bond acceptors (Lipinski definition) is 6. The zero-order valence-electron chi connectivity index (χ0n) is 12.7. The van der Waals surface area contributed by atoms with Crippen molar-refractivity contribution < 1.29 is 10.0 Å². The minimum absolute atomic E-state index is 0.278. The topological polar surface area (TPSA) is 103 Å². The Balaban J connectivity index is 1.97. The average Bonchev–Trinajstić information content (AvgIpc) is 3.11. The van der Waals surface area contributed by atoms with E-state index in [9.17, 15) is 20.5 Å². The summed E-state index contributed by atoms with van der Waals surface area (Å²) in [5.41, 5.74) is 1.85. The maximum atomic E-state index is 11.5. The lowest BCUT2D eigenvalue weighted by molar-refractivity contribution is -0.398. The number of allylic oxidation sites excluding steroid dienone is 1. The number of rotatable bonds is 4. The van der Waals surface area contributed by atoms with Crippen molar-refractivity contribution in [2.24, 2.45) is 0 Å². The summed E-state index contributed by atoms with van der Waals surface area (Å²) in [6.07, 6.45) is 1.49. The molecule has 2 aromatic carbocycles. The van der Waals surface area contributed by atoms with Crippen LogP contribution in [0.25, 0.3) is 22.9 Å². The Hall–Kier alpha value is -3.50. The molecule has 0 aliphatic heterocycles. The zero-order chi connectivity index (χ0) is 17.8. The molecule has 25 heavy (non-hydrogen) atoms. The molecule has 3 aromatic rings. The van der Waals surface area contributed by atoms with Gasteiger partial charge in [-0.05, 0) is 17.4 Å². The first-order valence-corrected chi connectivity index (χ1v) is 8.05. The maximum Gasteiger partial charge on any atom is 0.262 e. The van der Waals surface area contributed by atoms with Crippen molar-refractivity contribution in [3.63, 3.8) is 0 Å². The van der Waals surface area contributed by atoms with E-state index < -0.39 is 16.4 Å². The smallest absolute Gasteiger partial charge is 0.262 e. The summed E-state index contributed by atoms with van der Waals surface area (Å²) in [5.74, 6) is -0.665. The molecule has 3 rings (SSSR count). The van der Waals surface area contributed by atoms with Gasteiger partial charge in [-0.1, -0.05) is 42.5 Å². The van der Waals surface area contributed by atoms with Crippen LogP contribution in [0.4, 0.5) is 5.69 Å². The lowest BCUT2D eigenvalue weighted by Gasteiger charge is -2.06.